The van der Waals surface area contributed by atoms with E-state index in [1.165, 1.54) is 0 Å². The molecule has 1 amide bonds. The molecule has 3 rings (SSSR count). The van der Waals surface area contributed by atoms with Crippen LogP contribution in [0.2, 0.25) is 5.02 Å². The van der Waals surface area contributed by atoms with Crippen LogP contribution in [-0.4, -0.2) is 59.5 Å². The fourth-order valence-electron chi connectivity index (χ4n) is 3.31. The third kappa shape index (κ3) is 3.97. The highest BCUT2D eigenvalue weighted by Gasteiger charge is 2.26. The van der Waals surface area contributed by atoms with E-state index in [4.69, 9.17) is 11.6 Å². The molecule has 5 nitrogen and oxygen atoms in total. The van der Waals surface area contributed by atoms with E-state index < -0.39 is 0 Å². The Hall–Kier alpha value is -1.17. The highest BCUT2D eigenvalue weighted by Crippen LogP contribution is 2.19. The van der Waals surface area contributed by atoms with Crippen molar-refractivity contribution in [3.05, 3.63) is 29.0 Å². The second-order valence-corrected chi connectivity index (χ2v) is 6.48. The van der Waals surface area contributed by atoms with E-state index >= 15 is 0 Å². The van der Waals surface area contributed by atoms with Crippen LogP contribution in [0.4, 0.5) is 0 Å². The van der Waals surface area contributed by atoms with Crippen LogP contribution in [0.1, 0.15) is 25.0 Å². The summed E-state index contributed by atoms with van der Waals surface area (Å²) in [5.74, 6) is 0.200. The van der Waals surface area contributed by atoms with Gasteiger partial charge in [0.15, 0.2) is 0 Å². The third-order valence-corrected chi connectivity index (χ3v) is 4.98. The van der Waals surface area contributed by atoms with Gasteiger partial charge < -0.3 is 5.32 Å². The lowest BCUT2D eigenvalue weighted by atomic mass is 10.1. The van der Waals surface area contributed by atoms with Crippen LogP contribution < -0.4 is 5.32 Å². The monoisotopic (exact) mass is 322 g/mol. The van der Waals surface area contributed by atoms with Gasteiger partial charge in [0.1, 0.15) is 0 Å². The van der Waals surface area contributed by atoms with Gasteiger partial charge in [-0.25, -0.2) is 0 Å². The number of carbonyl (C=O) groups is 1. The Morgan fingerprint density at radius 1 is 1.27 bits per heavy atom. The van der Waals surface area contributed by atoms with Crippen molar-refractivity contribution >= 4 is 17.5 Å². The molecule has 1 aromatic heterocycles. The number of nitrogens with one attached hydrogen (secondary N) is 1. The molecular formula is C16H23ClN4O. The van der Waals surface area contributed by atoms with Gasteiger partial charge in [0, 0.05) is 57.9 Å². The van der Waals surface area contributed by atoms with Crippen molar-refractivity contribution in [1.29, 1.82) is 0 Å². The molecule has 0 bridgehead atoms. The van der Waals surface area contributed by atoms with Crippen molar-refractivity contribution in [1.82, 2.24) is 20.1 Å². The van der Waals surface area contributed by atoms with Gasteiger partial charge in [-0.1, -0.05) is 11.6 Å². The molecule has 1 aromatic rings. The van der Waals surface area contributed by atoms with Gasteiger partial charge in [0.2, 0.25) is 5.91 Å². The van der Waals surface area contributed by atoms with Crippen molar-refractivity contribution in [3.63, 3.8) is 0 Å². The van der Waals surface area contributed by atoms with Crippen LogP contribution in [0.3, 0.4) is 0 Å². The zero-order valence-corrected chi connectivity index (χ0v) is 13.6. The first-order valence-electron chi connectivity index (χ1n) is 8.05. The molecule has 1 unspecified atom stereocenters. The van der Waals surface area contributed by atoms with Crippen LogP contribution in [0.25, 0.3) is 0 Å². The van der Waals surface area contributed by atoms with Crippen LogP contribution in [0.5, 0.6) is 0 Å². The van der Waals surface area contributed by atoms with Gasteiger partial charge in [-0.05, 0) is 25.0 Å². The number of nitrogens with zero attached hydrogens (tertiary/aromatic N) is 3. The van der Waals surface area contributed by atoms with E-state index in [-0.39, 0.29) is 5.91 Å². The van der Waals surface area contributed by atoms with Gasteiger partial charge in [0.25, 0.3) is 0 Å². The number of piperazine rings is 1. The largest absolute Gasteiger partial charge is 0.356 e. The Bertz CT molecular complexity index is 517. The number of halogens is 1. The lowest BCUT2D eigenvalue weighted by molar-refractivity contribution is -0.120. The highest BCUT2D eigenvalue weighted by atomic mass is 35.5. The Morgan fingerprint density at radius 3 is 2.86 bits per heavy atom. The SMILES string of the molecule is O=C1CCC(N2CCN(Cc3ncccc3Cl)CC2)CCN1. The molecule has 0 saturated carbocycles. The average molecular weight is 323 g/mol. The maximum atomic E-state index is 11.4. The second-order valence-electron chi connectivity index (χ2n) is 6.08. The number of amides is 1. The lowest BCUT2D eigenvalue weighted by Crippen LogP contribution is -2.50. The van der Waals surface area contributed by atoms with Gasteiger partial charge in [-0.3, -0.25) is 19.6 Å². The van der Waals surface area contributed by atoms with Gasteiger partial charge in [-0.2, -0.15) is 0 Å². The molecule has 120 valence electrons. The summed E-state index contributed by atoms with van der Waals surface area (Å²) in [6.07, 6.45) is 4.51. The molecule has 6 heteroatoms. The third-order valence-electron chi connectivity index (χ3n) is 4.64. The molecule has 2 aliphatic heterocycles. The first-order chi connectivity index (χ1) is 10.7. The Labute approximate surface area is 136 Å². The Morgan fingerprint density at radius 2 is 2.09 bits per heavy atom. The summed E-state index contributed by atoms with van der Waals surface area (Å²) in [5, 5.41) is 3.71. The lowest BCUT2D eigenvalue weighted by Gasteiger charge is -2.39. The first kappa shape index (κ1) is 15.7. The minimum Gasteiger partial charge on any atom is -0.356 e. The summed E-state index contributed by atoms with van der Waals surface area (Å²) in [6.45, 7) is 5.81. The van der Waals surface area contributed by atoms with Crippen LogP contribution >= 0.6 is 11.6 Å². The molecule has 3 heterocycles. The van der Waals surface area contributed by atoms with Gasteiger partial charge in [-0.15, -0.1) is 0 Å². The average Bonchev–Trinajstić information content (AvgIpc) is 2.75. The zero-order valence-electron chi connectivity index (χ0n) is 12.8. The number of rotatable bonds is 3. The van der Waals surface area contributed by atoms with Crippen LogP contribution in [0, 0.1) is 0 Å². The van der Waals surface area contributed by atoms with E-state index in [0.29, 0.717) is 12.5 Å². The summed E-state index contributed by atoms with van der Waals surface area (Å²) >= 11 is 6.19. The molecule has 1 atom stereocenters. The standard InChI is InChI=1S/C16H23ClN4O/c17-14-2-1-6-18-15(14)12-20-8-10-21(11-9-20)13-3-4-16(22)19-7-5-13/h1-2,6,13H,3-5,7-12H2,(H,19,22). The number of carbonyl (C=O) groups excluding carboxylic acids is 1. The van der Waals surface area contributed by atoms with Crippen molar-refractivity contribution in [3.8, 4) is 0 Å². The molecule has 0 aliphatic carbocycles. The number of pyridine rings is 1. The smallest absolute Gasteiger partial charge is 0.220 e. The van der Waals surface area contributed by atoms with Crippen molar-refractivity contribution in [2.75, 3.05) is 32.7 Å². The molecule has 2 fully saturated rings. The maximum Gasteiger partial charge on any atom is 0.220 e. The summed E-state index contributed by atoms with van der Waals surface area (Å²) in [6, 6.07) is 4.31. The predicted octanol–water partition coefficient (Wildman–Crippen LogP) is 1.52. The minimum atomic E-state index is 0.200. The summed E-state index contributed by atoms with van der Waals surface area (Å²) in [7, 11) is 0. The maximum absolute atomic E-state index is 11.4. The number of hydrogen-bond donors (Lipinski definition) is 1. The fourth-order valence-corrected chi connectivity index (χ4v) is 3.49. The van der Waals surface area contributed by atoms with E-state index in [1.54, 1.807) is 6.20 Å². The van der Waals surface area contributed by atoms with Crippen LogP contribution in [-0.2, 0) is 11.3 Å². The minimum absolute atomic E-state index is 0.200. The highest BCUT2D eigenvalue weighted by molar-refractivity contribution is 6.31. The van der Waals surface area contributed by atoms with Crippen molar-refractivity contribution in [2.24, 2.45) is 0 Å². The summed E-state index contributed by atoms with van der Waals surface area (Å²) in [4.78, 5) is 20.8. The van der Waals surface area contributed by atoms with E-state index in [9.17, 15) is 4.79 Å². The van der Waals surface area contributed by atoms with E-state index in [2.05, 4.69) is 20.1 Å². The predicted molar refractivity (Wildman–Crippen MR) is 86.7 cm³/mol. The topological polar surface area (TPSA) is 48.5 Å². The molecule has 0 spiro atoms. The van der Waals surface area contributed by atoms with Crippen LogP contribution in [0.15, 0.2) is 18.3 Å². The molecule has 2 saturated heterocycles. The van der Waals surface area contributed by atoms with Gasteiger partial charge in [0.05, 0.1) is 10.7 Å². The second kappa shape index (κ2) is 7.40. The fraction of sp³-hybridized carbons (Fsp3) is 0.625. The normalized spacial score (nSPS) is 24.8. The van der Waals surface area contributed by atoms with Gasteiger partial charge >= 0.3 is 0 Å². The molecule has 0 radical (unpaired) electrons. The first-order valence-corrected chi connectivity index (χ1v) is 8.42. The Balaban J connectivity index is 1.50. The van der Waals surface area contributed by atoms with E-state index in [1.807, 2.05) is 12.1 Å². The van der Waals surface area contributed by atoms with Crippen molar-refractivity contribution in [2.45, 2.75) is 31.8 Å². The summed E-state index contributed by atoms with van der Waals surface area (Å²) in [5.41, 5.74) is 0.960. The Kier molecular flexibility index (Phi) is 5.28. The molecular weight excluding hydrogens is 300 g/mol. The van der Waals surface area contributed by atoms with E-state index in [0.717, 1.165) is 62.8 Å². The molecule has 0 aromatic carbocycles. The number of hydrogen-bond acceptors (Lipinski definition) is 4. The molecule has 2 aliphatic rings. The number of aromatic nitrogens is 1. The quantitative estimate of drug-likeness (QED) is 0.916. The zero-order chi connectivity index (χ0) is 15.4. The molecule has 1 N–H and O–H groups in total. The summed E-state index contributed by atoms with van der Waals surface area (Å²) < 4.78 is 0. The van der Waals surface area contributed by atoms with Crippen molar-refractivity contribution < 1.29 is 4.79 Å². The molecule has 22 heavy (non-hydrogen) atoms.